The Morgan fingerprint density at radius 3 is 2.84 bits per heavy atom. The largest absolute Gasteiger partial charge is 0.379 e. The first-order chi connectivity index (χ1) is 9.34. The molecule has 0 aliphatic carbocycles. The van der Waals surface area contributed by atoms with E-state index in [2.05, 4.69) is 57.1 Å². The number of thiophene rings is 1. The van der Waals surface area contributed by atoms with Gasteiger partial charge in [-0.1, -0.05) is 24.3 Å². The second-order valence-electron chi connectivity index (χ2n) is 4.35. The molecule has 0 saturated carbocycles. The van der Waals surface area contributed by atoms with Gasteiger partial charge in [0.05, 0.1) is 18.6 Å². The van der Waals surface area contributed by atoms with Crippen LogP contribution in [0.25, 0.3) is 10.4 Å². The van der Waals surface area contributed by atoms with E-state index >= 15 is 0 Å². The number of imidazole rings is 1. The van der Waals surface area contributed by atoms with Crippen LogP contribution in [0, 0.1) is 6.92 Å². The smallest absolute Gasteiger partial charge is 0.0925 e. The molecule has 2 heterocycles. The van der Waals surface area contributed by atoms with Gasteiger partial charge in [-0.05, 0) is 24.4 Å². The van der Waals surface area contributed by atoms with Gasteiger partial charge in [0, 0.05) is 21.8 Å². The molecule has 0 aliphatic rings. The zero-order valence-electron chi connectivity index (χ0n) is 10.7. The predicted molar refractivity (Wildman–Crippen MR) is 80.4 cm³/mol. The first-order valence-corrected chi connectivity index (χ1v) is 7.08. The monoisotopic (exact) mass is 269 g/mol. The van der Waals surface area contributed by atoms with E-state index < -0.39 is 0 Å². The maximum absolute atomic E-state index is 4.31. The molecule has 4 heteroatoms. The van der Waals surface area contributed by atoms with Crippen molar-refractivity contribution >= 4 is 17.0 Å². The van der Waals surface area contributed by atoms with Crippen molar-refractivity contribution in [1.29, 1.82) is 0 Å². The van der Waals surface area contributed by atoms with E-state index in [-0.39, 0.29) is 0 Å². The second kappa shape index (κ2) is 5.28. The molecule has 0 saturated heterocycles. The minimum absolute atomic E-state index is 0.734. The highest BCUT2D eigenvalue weighted by Gasteiger charge is 2.06. The highest BCUT2D eigenvalue weighted by molar-refractivity contribution is 7.13. The third-order valence-electron chi connectivity index (χ3n) is 3.09. The summed E-state index contributed by atoms with van der Waals surface area (Å²) in [6, 6.07) is 12.6. The van der Waals surface area contributed by atoms with E-state index in [1.54, 1.807) is 17.7 Å². The van der Waals surface area contributed by atoms with Crippen molar-refractivity contribution in [1.82, 2.24) is 9.97 Å². The summed E-state index contributed by atoms with van der Waals surface area (Å²) in [4.78, 5) is 8.69. The van der Waals surface area contributed by atoms with Crippen molar-refractivity contribution in [3.8, 4) is 10.4 Å². The molecule has 0 fully saturated rings. The molecule has 0 bridgehead atoms. The molecule has 0 aliphatic heterocycles. The van der Waals surface area contributed by atoms with E-state index in [9.17, 15) is 0 Å². The summed E-state index contributed by atoms with van der Waals surface area (Å²) >= 11 is 1.75. The van der Waals surface area contributed by atoms with Gasteiger partial charge >= 0.3 is 0 Å². The average molecular weight is 269 g/mol. The molecular weight excluding hydrogens is 254 g/mol. The zero-order chi connectivity index (χ0) is 13.1. The van der Waals surface area contributed by atoms with Gasteiger partial charge in [0.25, 0.3) is 0 Å². The Bertz CT molecular complexity index is 656. The zero-order valence-corrected chi connectivity index (χ0v) is 11.5. The van der Waals surface area contributed by atoms with Crippen LogP contribution in [0.4, 0.5) is 5.69 Å². The summed E-state index contributed by atoms with van der Waals surface area (Å²) in [7, 11) is 0. The quantitative estimate of drug-likeness (QED) is 0.750. The van der Waals surface area contributed by atoms with Crippen LogP contribution in [0.1, 0.15) is 11.4 Å². The number of H-pyrrole nitrogens is 1. The first-order valence-electron chi connectivity index (χ1n) is 6.20. The Morgan fingerprint density at radius 1 is 1.21 bits per heavy atom. The molecule has 19 heavy (non-hydrogen) atoms. The van der Waals surface area contributed by atoms with Crippen LogP contribution in [-0.4, -0.2) is 9.97 Å². The van der Waals surface area contributed by atoms with Gasteiger partial charge in [0.15, 0.2) is 0 Å². The number of para-hydroxylation sites is 1. The van der Waals surface area contributed by atoms with Crippen molar-refractivity contribution in [3.05, 3.63) is 59.5 Å². The van der Waals surface area contributed by atoms with Crippen LogP contribution < -0.4 is 5.32 Å². The number of nitrogens with zero attached hydrogens (tertiary/aromatic N) is 1. The predicted octanol–water partition coefficient (Wildman–Crippen LogP) is 4.06. The highest BCUT2D eigenvalue weighted by atomic mass is 32.1. The molecule has 3 aromatic rings. The summed E-state index contributed by atoms with van der Waals surface area (Å²) < 4.78 is 0. The van der Waals surface area contributed by atoms with E-state index in [4.69, 9.17) is 0 Å². The molecule has 0 atom stereocenters. The number of hydrogen-bond acceptors (Lipinski definition) is 3. The third kappa shape index (κ3) is 2.53. The van der Waals surface area contributed by atoms with Gasteiger partial charge in [0.1, 0.15) is 0 Å². The molecule has 3 rings (SSSR count). The third-order valence-corrected chi connectivity index (χ3v) is 4.00. The number of aryl methyl sites for hydroxylation is 1. The van der Waals surface area contributed by atoms with Crippen LogP contribution in [0.15, 0.2) is 48.1 Å². The minimum Gasteiger partial charge on any atom is -0.379 e. The summed E-state index contributed by atoms with van der Waals surface area (Å²) in [6.45, 7) is 2.77. The fourth-order valence-electron chi connectivity index (χ4n) is 2.03. The van der Waals surface area contributed by atoms with Crippen molar-refractivity contribution in [2.75, 3.05) is 5.32 Å². The fraction of sp³-hybridized carbons (Fsp3) is 0.133. The molecule has 3 nitrogen and oxygen atoms in total. The molecule has 0 unspecified atom stereocenters. The fourth-order valence-corrected chi connectivity index (χ4v) is 2.79. The van der Waals surface area contributed by atoms with Gasteiger partial charge in [0.2, 0.25) is 0 Å². The maximum atomic E-state index is 4.31. The molecule has 2 N–H and O–H groups in total. The summed E-state index contributed by atoms with van der Waals surface area (Å²) in [5, 5.41) is 5.57. The highest BCUT2D eigenvalue weighted by Crippen LogP contribution is 2.31. The van der Waals surface area contributed by atoms with Crippen molar-refractivity contribution < 1.29 is 0 Å². The van der Waals surface area contributed by atoms with E-state index in [0.29, 0.717) is 0 Å². The topological polar surface area (TPSA) is 40.7 Å². The van der Waals surface area contributed by atoms with Crippen molar-refractivity contribution in [2.24, 2.45) is 0 Å². The number of aromatic nitrogens is 2. The number of benzene rings is 1. The lowest BCUT2D eigenvalue weighted by Crippen LogP contribution is -2.02. The number of anilines is 1. The molecule has 0 spiro atoms. The summed E-state index contributed by atoms with van der Waals surface area (Å²) in [5.74, 6) is 0. The molecule has 96 valence electrons. The minimum atomic E-state index is 0.734. The summed E-state index contributed by atoms with van der Waals surface area (Å²) in [6.07, 6.45) is 1.73. The van der Waals surface area contributed by atoms with Crippen LogP contribution in [0.2, 0.25) is 0 Å². The van der Waals surface area contributed by atoms with Crippen molar-refractivity contribution in [2.45, 2.75) is 13.5 Å². The second-order valence-corrected chi connectivity index (χ2v) is 5.30. The number of nitrogens with one attached hydrogen (secondary N) is 2. The Kier molecular flexibility index (Phi) is 3.33. The number of aromatic amines is 1. The molecule has 2 aromatic heterocycles. The Labute approximate surface area is 116 Å². The lowest BCUT2D eigenvalue weighted by atomic mass is 10.1. The number of hydrogen-bond donors (Lipinski definition) is 2. The van der Waals surface area contributed by atoms with Crippen LogP contribution in [0.5, 0.6) is 0 Å². The normalized spacial score (nSPS) is 10.6. The SMILES string of the molecule is Cc1[nH]cnc1CNc1ccccc1-c1cccs1. The van der Waals surface area contributed by atoms with Gasteiger partial charge < -0.3 is 10.3 Å². The Morgan fingerprint density at radius 2 is 2.11 bits per heavy atom. The maximum Gasteiger partial charge on any atom is 0.0925 e. The average Bonchev–Trinajstić information content (AvgIpc) is 3.08. The molecule has 0 radical (unpaired) electrons. The van der Waals surface area contributed by atoms with Gasteiger partial charge in [-0.15, -0.1) is 11.3 Å². The van der Waals surface area contributed by atoms with Crippen LogP contribution in [0.3, 0.4) is 0 Å². The molecule has 0 amide bonds. The van der Waals surface area contributed by atoms with E-state index in [1.807, 2.05) is 6.92 Å². The van der Waals surface area contributed by atoms with E-state index in [1.165, 1.54) is 10.4 Å². The first kappa shape index (κ1) is 12.0. The standard InChI is InChI=1S/C15H15N3S/c1-11-14(18-10-17-11)9-16-13-6-3-2-5-12(13)15-7-4-8-19-15/h2-8,10,16H,9H2,1H3,(H,17,18). The van der Waals surface area contributed by atoms with Gasteiger partial charge in [-0.3, -0.25) is 0 Å². The Balaban J connectivity index is 1.84. The van der Waals surface area contributed by atoms with Gasteiger partial charge in [-0.2, -0.15) is 0 Å². The molecule has 1 aromatic carbocycles. The van der Waals surface area contributed by atoms with Crippen molar-refractivity contribution in [3.63, 3.8) is 0 Å². The van der Waals surface area contributed by atoms with Crippen LogP contribution >= 0.6 is 11.3 Å². The molecular formula is C15H15N3S. The summed E-state index contributed by atoms with van der Waals surface area (Å²) in [5.41, 5.74) is 4.56. The van der Waals surface area contributed by atoms with Gasteiger partial charge in [-0.25, -0.2) is 4.98 Å². The van der Waals surface area contributed by atoms with E-state index in [0.717, 1.165) is 23.6 Å². The number of rotatable bonds is 4. The van der Waals surface area contributed by atoms with Crippen LogP contribution in [-0.2, 0) is 6.54 Å². The lowest BCUT2D eigenvalue weighted by Gasteiger charge is -2.10. The lowest BCUT2D eigenvalue weighted by molar-refractivity contribution is 1.05. The Hall–Kier alpha value is -2.07.